The quantitative estimate of drug-likeness (QED) is 0.915. The van der Waals surface area contributed by atoms with E-state index >= 15 is 0 Å². The van der Waals surface area contributed by atoms with Crippen molar-refractivity contribution in [2.75, 3.05) is 12.4 Å². The first-order valence-electron chi connectivity index (χ1n) is 7.18. The van der Waals surface area contributed by atoms with Crippen LogP contribution in [0.1, 0.15) is 18.1 Å². The van der Waals surface area contributed by atoms with Crippen LogP contribution in [0.25, 0.3) is 0 Å². The molecule has 0 fully saturated rings. The van der Waals surface area contributed by atoms with E-state index in [0.29, 0.717) is 17.2 Å². The molecule has 0 saturated heterocycles. The zero-order valence-corrected chi connectivity index (χ0v) is 13.3. The number of nitrogens with one attached hydrogen (secondary N) is 1. The summed E-state index contributed by atoms with van der Waals surface area (Å²) >= 11 is 0. The van der Waals surface area contributed by atoms with Gasteiger partial charge in [-0.2, -0.15) is 0 Å². The van der Waals surface area contributed by atoms with E-state index in [4.69, 9.17) is 9.47 Å². The molecule has 0 saturated carbocycles. The van der Waals surface area contributed by atoms with E-state index < -0.39 is 6.10 Å². The number of amides is 1. The molecule has 0 heterocycles. The van der Waals surface area contributed by atoms with Gasteiger partial charge in [0.15, 0.2) is 6.10 Å². The van der Waals surface area contributed by atoms with Crippen molar-refractivity contribution in [3.8, 4) is 11.5 Å². The molecule has 0 bridgehead atoms. The maximum absolute atomic E-state index is 12.3. The van der Waals surface area contributed by atoms with E-state index in [1.54, 1.807) is 26.2 Å². The first kappa shape index (κ1) is 15.9. The second-order valence-electron chi connectivity index (χ2n) is 5.27. The Morgan fingerprint density at radius 3 is 2.36 bits per heavy atom. The summed E-state index contributed by atoms with van der Waals surface area (Å²) in [7, 11) is 1.57. The summed E-state index contributed by atoms with van der Waals surface area (Å²) in [5.74, 6) is 1.10. The number of para-hydroxylation sites is 2. The highest BCUT2D eigenvalue weighted by Crippen LogP contribution is 2.24. The number of ether oxygens (including phenoxy) is 2. The molecule has 0 aliphatic heterocycles. The molecule has 1 N–H and O–H groups in total. The van der Waals surface area contributed by atoms with Crippen LogP contribution < -0.4 is 14.8 Å². The summed E-state index contributed by atoms with van der Waals surface area (Å²) in [5, 5.41) is 2.82. The predicted molar refractivity (Wildman–Crippen MR) is 87.6 cm³/mol. The van der Waals surface area contributed by atoms with E-state index in [-0.39, 0.29) is 5.91 Å². The molecule has 2 aromatic rings. The lowest BCUT2D eigenvalue weighted by Gasteiger charge is -2.16. The number of carbonyl (C=O) groups excluding carboxylic acids is 1. The Labute approximate surface area is 131 Å². The van der Waals surface area contributed by atoms with Crippen molar-refractivity contribution in [3.05, 3.63) is 53.6 Å². The van der Waals surface area contributed by atoms with Crippen LogP contribution in [0, 0.1) is 13.8 Å². The summed E-state index contributed by atoms with van der Waals surface area (Å²) in [5.41, 5.74) is 2.84. The monoisotopic (exact) mass is 299 g/mol. The molecule has 0 aliphatic carbocycles. The minimum absolute atomic E-state index is 0.219. The third kappa shape index (κ3) is 4.01. The van der Waals surface area contributed by atoms with E-state index in [2.05, 4.69) is 11.4 Å². The third-order valence-electron chi connectivity index (χ3n) is 3.24. The van der Waals surface area contributed by atoms with Crippen LogP contribution in [0.2, 0.25) is 0 Å². The molecule has 0 radical (unpaired) electrons. The molecule has 1 unspecified atom stereocenters. The summed E-state index contributed by atoms with van der Waals surface area (Å²) in [4.78, 5) is 12.3. The normalized spacial score (nSPS) is 11.6. The van der Waals surface area contributed by atoms with Crippen LogP contribution in [0.5, 0.6) is 11.5 Å². The van der Waals surface area contributed by atoms with E-state index in [0.717, 1.165) is 11.1 Å². The van der Waals surface area contributed by atoms with Crippen molar-refractivity contribution in [2.24, 2.45) is 0 Å². The average Bonchev–Trinajstić information content (AvgIpc) is 2.46. The van der Waals surface area contributed by atoms with Crippen LogP contribution in [0.3, 0.4) is 0 Å². The number of methoxy groups -OCH3 is 1. The number of rotatable bonds is 5. The summed E-state index contributed by atoms with van der Waals surface area (Å²) in [6, 6.07) is 13.2. The van der Waals surface area contributed by atoms with Gasteiger partial charge in [0, 0.05) is 0 Å². The van der Waals surface area contributed by atoms with Crippen LogP contribution in [-0.2, 0) is 4.79 Å². The Hall–Kier alpha value is -2.49. The maximum Gasteiger partial charge on any atom is 0.265 e. The Kier molecular flexibility index (Phi) is 5.04. The van der Waals surface area contributed by atoms with Gasteiger partial charge in [0.05, 0.1) is 12.8 Å². The maximum atomic E-state index is 12.3. The number of anilines is 1. The van der Waals surface area contributed by atoms with E-state index in [1.165, 1.54) is 0 Å². The van der Waals surface area contributed by atoms with Crippen LogP contribution in [-0.4, -0.2) is 19.1 Å². The highest BCUT2D eigenvalue weighted by Gasteiger charge is 2.16. The second kappa shape index (κ2) is 6.98. The molecule has 0 aliphatic rings. The smallest absolute Gasteiger partial charge is 0.265 e. The molecule has 4 nitrogen and oxygen atoms in total. The number of carbonyl (C=O) groups is 1. The zero-order valence-electron chi connectivity index (χ0n) is 13.3. The van der Waals surface area contributed by atoms with Crippen LogP contribution in [0.15, 0.2) is 42.5 Å². The molecule has 2 rings (SSSR count). The molecule has 1 atom stereocenters. The first-order valence-corrected chi connectivity index (χ1v) is 7.18. The van der Waals surface area contributed by atoms with Gasteiger partial charge in [-0.3, -0.25) is 4.79 Å². The van der Waals surface area contributed by atoms with E-state index in [9.17, 15) is 4.79 Å². The van der Waals surface area contributed by atoms with Gasteiger partial charge in [0.2, 0.25) is 0 Å². The van der Waals surface area contributed by atoms with Crippen molar-refractivity contribution in [3.63, 3.8) is 0 Å². The fourth-order valence-electron chi connectivity index (χ4n) is 2.24. The second-order valence-corrected chi connectivity index (χ2v) is 5.27. The number of hydrogen-bond acceptors (Lipinski definition) is 3. The van der Waals surface area contributed by atoms with E-state index in [1.807, 2.05) is 38.1 Å². The summed E-state index contributed by atoms with van der Waals surface area (Å²) < 4.78 is 11.0. The first-order chi connectivity index (χ1) is 10.5. The average molecular weight is 299 g/mol. The molecule has 2 aromatic carbocycles. The number of aryl methyl sites for hydroxylation is 2. The number of benzene rings is 2. The zero-order chi connectivity index (χ0) is 16.1. The molecular weight excluding hydrogens is 278 g/mol. The van der Waals surface area contributed by atoms with Crippen molar-refractivity contribution >= 4 is 11.6 Å². The van der Waals surface area contributed by atoms with Gasteiger partial charge in [-0.1, -0.05) is 18.2 Å². The SMILES string of the molecule is COc1ccccc1NC(=O)C(C)Oc1cc(C)cc(C)c1. The summed E-state index contributed by atoms with van der Waals surface area (Å²) in [6.07, 6.45) is -0.605. The molecule has 116 valence electrons. The standard InChI is InChI=1S/C18H21NO3/c1-12-9-13(2)11-15(10-12)22-14(3)18(20)19-16-7-5-6-8-17(16)21-4/h5-11,14H,1-4H3,(H,19,20). The van der Waals surface area contributed by atoms with Crippen molar-refractivity contribution in [2.45, 2.75) is 26.9 Å². The highest BCUT2D eigenvalue weighted by atomic mass is 16.5. The Morgan fingerprint density at radius 1 is 1.09 bits per heavy atom. The molecule has 0 spiro atoms. The van der Waals surface area contributed by atoms with Crippen molar-refractivity contribution < 1.29 is 14.3 Å². The molecule has 0 aromatic heterocycles. The fraction of sp³-hybridized carbons (Fsp3) is 0.278. The van der Waals surface area contributed by atoms with Gasteiger partial charge < -0.3 is 14.8 Å². The largest absolute Gasteiger partial charge is 0.495 e. The fourth-order valence-corrected chi connectivity index (χ4v) is 2.24. The number of hydrogen-bond donors (Lipinski definition) is 1. The van der Waals surface area contributed by atoms with Gasteiger partial charge in [0.25, 0.3) is 5.91 Å². The van der Waals surface area contributed by atoms with Gasteiger partial charge in [-0.15, -0.1) is 0 Å². The van der Waals surface area contributed by atoms with Crippen LogP contribution >= 0.6 is 0 Å². The molecule has 1 amide bonds. The van der Waals surface area contributed by atoms with Crippen LogP contribution in [0.4, 0.5) is 5.69 Å². The lowest BCUT2D eigenvalue weighted by Crippen LogP contribution is -2.30. The predicted octanol–water partition coefficient (Wildman–Crippen LogP) is 3.72. The Balaban J connectivity index is 2.06. The lowest BCUT2D eigenvalue weighted by molar-refractivity contribution is -0.122. The summed E-state index contributed by atoms with van der Waals surface area (Å²) in [6.45, 7) is 5.72. The topological polar surface area (TPSA) is 47.6 Å². The molecule has 4 heteroatoms. The highest BCUT2D eigenvalue weighted by molar-refractivity contribution is 5.95. The molecular formula is C18H21NO3. The minimum Gasteiger partial charge on any atom is -0.495 e. The third-order valence-corrected chi connectivity index (χ3v) is 3.24. The molecule has 22 heavy (non-hydrogen) atoms. The van der Waals surface area contributed by atoms with Crippen molar-refractivity contribution in [1.82, 2.24) is 0 Å². The van der Waals surface area contributed by atoms with Crippen molar-refractivity contribution in [1.29, 1.82) is 0 Å². The van der Waals surface area contributed by atoms with Gasteiger partial charge >= 0.3 is 0 Å². The lowest BCUT2D eigenvalue weighted by atomic mass is 10.1. The van der Waals surface area contributed by atoms with Gasteiger partial charge in [-0.05, 0) is 56.2 Å². The minimum atomic E-state index is -0.605. The van der Waals surface area contributed by atoms with Gasteiger partial charge in [-0.25, -0.2) is 0 Å². The Bertz CT molecular complexity index is 647. The Morgan fingerprint density at radius 2 is 1.73 bits per heavy atom. The van der Waals surface area contributed by atoms with Gasteiger partial charge in [0.1, 0.15) is 11.5 Å².